The van der Waals surface area contributed by atoms with Gasteiger partial charge in [-0.25, -0.2) is 0 Å². The van der Waals surface area contributed by atoms with Crippen molar-refractivity contribution in [2.45, 2.75) is 26.1 Å². The molecule has 0 bridgehead atoms. The quantitative estimate of drug-likeness (QED) is 0.365. The van der Waals surface area contributed by atoms with E-state index in [0.29, 0.717) is 5.37 Å². The summed E-state index contributed by atoms with van der Waals surface area (Å²) in [5.74, 6) is 0. The maximum absolute atomic E-state index is 5.02. The van der Waals surface area contributed by atoms with Gasteiger partial charge in [0.2, 0.25) is 0 Å². The van der Waals surface area contributed by atoms with Gasteiger partial charge in [-0.1, -0.05) is 20.8 Å². The van der Waals surface area contributed by atoms with E-state index in [1.807, 2.05) is 6.92 Å². The Morgan fingerprint density at radius 2 is 1.67 bits per heavy atom. The minimum absolute atomic E-state index is 0. The van der Waals surface area contributed by atoms with Gasteiger partial charge in [-0.15, -0.1) is 5.37 Å². The maximum Gasteiger partial charge on any atom is 1.00 e. The fourth-order valence-corrected chi connectivity index (χ4v) is 1.04. The standard InChI is InChI=1S/C6H15NS.K/c1-4-7(5-2)6(3)8;/h6,8H,4-5H2,1-3H3;/q;+1/p-1. The molecule has 1 unspecified atom stereocenters. The van der Waals surface area contributed by atoms with Gasteiger partial charge in [-0.3, -0.25) is 0 Å². The monoisotopic (exact) mass is 171 g/mol. The van der Waals surface area contributed by atoms with Crippen LogP contribution in [-0.4, -0.2) is 23.4 Å². The Bertz CT molecular complexity index is 55.0. The van der Waals surface area contributed by atoms with E-state index in [1.165, 1.54) is 0 Å². The van der Waals surface area contributed by atoms with Crippen molar-refractivity contribution in [1.82, 2.24) is 4.90 Å². The van der Waals surface area contributed by atoms with Crippen LogP contribution in [0.1, 0.15) is 20.8 Å². The van der Waals surface area contributed by atoms with Crippen LogP contribution in [-0.2, 0) is 12.6 Å². The number of hydrogen-bond donors (Lipinski definition) is 0. The van der Waals surface area contributed by atoms with Crippen molar-refractivity contribution in [2.24, 2.45) is 0 Å². The summed E-state index contributed by atoms with van der Waals surface area (Å²) in [7, 11) is 0. The molecular formula is C6H14KNS. The molecule has 9 heavy (non-hydrogen) atoms. The van der Waals surface area contributed by atoms with Gasteiger partial charge in [0.15, 0.2) is 0 Å². The molecule has 0 fully saturated rings. The van der Waals surface area contributed by atoms with E-state index in [1.54, 1.807) is 0 Å². The molecule has 0 N–H and O–H groups in total. The van der Waals surface area contributed by atoms with Crippen LogP contribution in [0.3, 0.4) is 0 Å². The summed E-state index contributed by atoms with van der Waals surface area (Å²) in [6.45, 7) is 8.45. The van der Waals surface area contributed by atoms with Crippen molar-refractivity contribution in [2.75, 3.05) is 13.1 Å². The largest absolute Gasteiger partial charge is 1.00 e. The fourth-order valence-electron chi connectivity index (χ4n) is 0.738. The van der Waals surface area contributed by atoms with Crippen LogP contribution in [0.25, 0.3) is 0 Å². The summed E-state index contributed by atoms with van der Waals surface area (Å²) in [6, 6.07) is 0. The first-order valence-corrected chi connectivity index (χ1v) is 3.59. The van der Waals surface area contributed by atoms with E-state index in [9.17, 15) is 0 Å². The Morgan fingerprint density at radius 3 is 1.67 bits per heavy atom. The third-order valence-corrected chi connectivity index (χ3v) is 1.62. The van der Waals surface area contributed by atoms with E-state index < -0.39 is 0 Å². The van der Waals surface area contributed by atoms with E-state index in [-0.39, 0.29) is 51.4 Å². The summed E-state index contributed by atoms with van der Waals surface area (Å²) in [4.78, 5) is 2.23. The summed E-state index contributed by atoms with van der Waals surface area (Å²) in [6.07, 6.45) is 0. The summed E-state index contributed by atoms with van der Waals surface area (Å²) in [5, 5.41) is 0.296. The van der Waals surface area contributed by atoms with Crippen molar-refractivity contribution in [3.63, 3.8) is 0 Å². The zero-order valence-corrected chi connectivity index (χ0v) is 10.8. The molecule has 0 aromatic rings. The van der Waals surface area contributed by atoms with E-state index >= 15 is 0 Å². The minimum atomic E-state index is 0. The minimum Gasteiger partial charge on any atom is -0.774 e. The SMILES string of the molecule is CCN(CC)C(C)[S-].[K+]. The van der Waals surface area contributed by atoms with Crippen LogP contribution in [0.5, 0.6) is 0 Å². The molecule has 0 aliphatic heterocycles. The Morgan fingerprint density at radius 1 is 1.33 bits per heavy atom. The predicted octanol–water partition coefficient (Wildman–Crippen LogP) is -1.77. The van der Waals surface area contributed by atoms with E-state index in [4.69, 9.17) is 12.6 Å². The van der Waals surface area contributed by atoms with Gasteiger partial charge in [0.1, 0.15) is 0 Å². The molecule has 0 rings (SSSR count). The molecule has 50 valence electrons. The fraction of sp³-hybridized carbons (Fsp3) is 1.00. The Hall–Kier alpha value is 1.95. The molecule has 0 radical (unpaired) electrons. The number of nitrogens with zero attached hydrogens (tertiary/aromatic N) is 1. The smallest absolute Gasteiger partial charge is 0.774 e. The van der Waals surface area contributed by atoms with Gasteiger partial charge >= 0.3 is 51.4 Å². The molecule has 0 aromatic heterocycles. The molecule has 1 atom stereocenters. The van der Waals surface area contributed by atoms with Crippen molar-refractivity contribution in [1.29, 1.82) is 0 Å². The average Bonchev–Trinajstić information content (AvgIpc) is 1.69. The molecule has 0 saturated carbocycles. The van der Waals surface area contributed by atoms with Crippen LogP contribution < -0.4 is 51.4 Å². The van der Waals surface area contributed by atoms with Crippen molar-refractivity contribution >= 4 is 12.6 Å². The van der Waals surface area contributed by atoms with Crippen LogP contribution in [0, 0.1) is 0 Å². The molecule has 0 aliphatic rings. The second kappa shape index (κ2) is 8.05. The van der Waals surface area contributed by atoms with Gasteiger partial charge in [-0.2, -0.15) is 0 Å². The number of hydrogen-bond acceptors (Lipinski definition) is 2. The third-order valence-electron chi connectivity index (χ3n) is 1.33. The van der Waals surface area contributed by atoms with Gasteiger partial charge in [0.05, 0.1) is 0 Å². The molecule has 3 heteroatoms. The normalized spacial score (nSPS) is 13.0. The van der Waals surface area contributed by atoms with Crippen molar-refractivity contribution in [3.8, 4) is 0 Å². The molecular weight excluding hydrogens is 157 g/mol. The molecule has 0 saturated heterocycles. The first-order valence-electron chi connectivity index (χ1n) is 3.12. The Labute approximate surface area is 106 Å². The predicted molar refractivity (Wildman–Crippen MR) is 39.7 cm³/mol. The zero-order valence-electron chi connectivity index (χ0n) is 6.85. The van der Waals surface area contributed by atoms with Gasteiger partial charge < -0.3 is 17.5 Å². The van der Waals surface area contributed by atoms with Crippen LogP contribution >= 0.6 is 0 Å². The molecule has 1 nitrogen and oxygen atoms in total. The van der Waals surface area contributed by atoms with Gasteiger partial charge in [-0.05, 0) is 13.1 Å². The molecule has 0 spiro atoms. The van der Waals surface area contributed by atoms with Gasteiger partial charge in [0, 0.05) is 0 Å². The Kier molecular flexibility index (Phi) is 12.1. The second-order valence-corrected chi connectivity index (χ2v) is 2.50. The molecule has 0 heterocycles. The summed E-state index contributed by atoms with van der Waals surface area (Å²) in [5.41, 5.74) is 0. The molecule has 0 aromatic carbocycles. The second-order valence-electron chi connectivity index (χ2n) is 1.82. The van der Waals surface area contributed by atoms with Crippen molar-refractivity contribution in [3.05, 3.63) is 0 Å². The molecule has 0 amide bonds. The first kappa shape index (κ1) is 13.5. The summed E-state index contributed by atoms with van der Waals surface area (Å²) < 4.78 is 0. The van der Waals surface area contributed by atoms with Crippen LogP contribution in [0.2, 0.25) is 0 Å². The van der Waals surface area contributed by atoms with Crippen LogP contribution in [0.15, 0.2) is 0 Å². The van der Waals surface area contributed by atoms with E-state index in [2.05, 4.69) is 18.7 Å². The zero-order chi connectivity index (χ0) is 6.57. The first-order chi connectivity index (χ1) is 3.72. The van der Waals surface area contributed by atoms with E-state index in [0.717, 1.165) is 13.1 Å². The third kappa shape index (κ3) is 6.35. The maximum atomic E-state index is 5.02. The van der Waals surface area contributed by atoms with Crippen LogP contribution in [0.4, 0.5) is 0 Å². The number of rotatable bonds is 3. The van der Waals surface area contributed by atoms with Crippen molar-refractivity contribution < 1.29 is 51.4 Å². The van der Waals surface area contributed by atoms with Gasteiger partial charge in [0.25, 0.3) is 0 Å². The molecule has 0 aliphatic carbocycles. The average molecular weight is 171 g/mol. The topological polar surface area (TPSA) is 3.24 Å². The summed E-state index contributed by atoms with van der Waals surface area (Å²) >= 11 is 5.02. The Balaban J connectivity index is 0.